The molecule has 0 aromatic rings. The molecule has 0 rings (SSSR count). The first-order chi connectivity index (χ1) is 9.20. The minimum Gasteiger partial charge on any atom is -0.480 e. The highest BCUT2D eigenvalue weighted by atomic mass is 16.5. The average molecular weight is 273 g/mol. The van der Waals surface area contributed by atoms with E-state index in [0.29, 0.717) is 13.2 Å². The first-order valence-electron chi connectivity index (χ1n) is 7.63. The molecule has 4 nitrogen and oxygen atoms in total. The number of rotatable bonds is 14. The van der Waals surface area contributed by atoms with Crippen molar-refractivity contribution in [3.05, 3.63) is 0 Å². The topological polar surface area (TPSA) is 49.8 Å². The maximum absolute atomic E-state index is 10.7. The highest BCUT2D eigenvalue weighted by Gasteiger charge is 2.08. The van der Waals surface area contributed by atoms with Crippen LogP contribution in [0.25, 0.3) is 0 Å². The Morgan fingerprint density at radius 2 is 1.58 bits per heavy atom. The van der Waals surface area contributed by atoms with Gasteiger partial charge in [0.05, 0.1) is 13.2 Å². The van der Waals surface area contributed by atoms with Crippen LogP contribution in [0.1, 0.15) is 58.3 Å². The minimum atomic E-state index is -0.754. The van der Waals surface area contributed by atoms with Gasteiger partial charge in [-0.1, -0.05) is 51.9 Å². The molecule has 0 spiro atoms. The number of methoxy groups -OCH3 is 1. The molecule has 4 heteroatoms. The summed E-state index contributed by atoms with van der Waals surface area (Å²) in [5.41, 5.74) is 0. The van der Waals surface area contributed by atoms with E-state index in [1.165, 1.54) is 44.9 Å². The first kappa shape index (κ1) is 18.4. The van der Waals surface area contributed by atoms with E-state index in [1.54, 1.807) is 7.11 Å². The molecule has 0 bridgehead atoms. The predicted octanol–water partition coefficient (Wildman–Crippen LogP) is 3.16. The highest BCUT2D eigenvalue weighted by Crippen LogP contribution is 2.08. The molecule has 0 unspecified atom stereocenters. The molecule has 19 heavy (non-hydrogen) atoms. The van der Waals surface area contributed by atoms with Crippen LogP contribution in [0, 0.1) is 0 Å². The molecule has 114 valence electrons. The van der Waals surface area contributed by atoms with E-state index in [0.717, 1.165) is 13.0 Å². The highest BCUT2D eigenvalue weighted by molar-refractivity contribution is 5.69. The summed E-state index contributed by atoms with van der Waals surface area (Å²) in [6.45, 7) is 4.53. The van der Waals surface area contributed by atoms with Crippen molar-refractivity contribution in [1.82, 2.24) is 4.90 Å². The van der Waals surface area contributed by atoms with Crippen LogP contribution in [-0.4, -0.2) is 49.3 Å². The van der Waals surface area contributed by atoms with E-state index in [1.807, 2.05) is 4.90 Å². The Kier molecular flexibility index (Phi) is 13.4. The van der Waals surface area contributed by atoms with Crippen LogP contribution < -0.4 is 0 Å². The molecule has 0 atom stereocenters. The van der Waals surface area contributed by atoms with E-state index in [2.05, 4.69) is 6.92 Å². The summed E-state index contributed by atoms with van der Waals surface area (Å²) >= 11 is 0. The van der Waals surface area contributed by atoms with Gasteiger partial charge in [0, 0.05) is 13.7 Å². The number of hydrogen-bond acceptors (Lipinski definition) is 3. The molecule has 1 N–H and O–H groups in total. The third-order valence-corrected chi connectivity index (χ3v) is 3.30. The monoisotopic (exact) mass is 273 g/mol. The fourth-order valence-corrected chi connectivity index (χ4v) is 2.15. The van der Waals surface area contributed by atoms with Gasteiger partial charge in [-0.05, 0) is 13.0 Å². The summed E-state index contributed by atoms with van der Waals surface area (Å²) in [6.07, 6.45) is 10.2. The molecule has 0 saturated carbocycles. The number of carboxylic acids is 1. The van der Waals surface area contributed by atoms with Gasteiger partial charge in [0.25, 0.3) is 0 Å². The van der Waals surface area contributed by atoms with Crippen molar-refractivity contribution in [2.45, 2.75) is 58.3 Å². The molecule has 0 aliphatic heterocycles. The number of carboxylic acid groups (broad SMARTS) is 1. The fourth-order valence-electron chi connectivity index (χ4n) is 2.15. The van der Waals surface area contributed by atoms with Crippen LogP contribution in [0.3, 0.4) is 0 Å². The van der Waals surface area contributed by atoms with Crippen LogP contribution in [-0.2, 0) is 9.53 Å². The molecular formula is C15H31NO3. The normalized spacial score (nSPS) is 11.1. The van der Waals surface area contributed by atoms with E-state index in [9.17, 15) is 4.79 Å². The maximum Gasteiger partial charge on any atom is 0.317 e. The Labute approximate surface area is 118 Å². The second-order valence-electron chi connectivity index (χ2n) is 5.14. The Balaban J connectivity index is 3.48. The molecule has 0 radical (unpaired) electrons. The Morgan fingerprint density at radius 3 is 2.11 bits per heavy atom. The van der Waals surface area contributed by atoms with E-state index in [4.69, 9.17) is 9.84 Å². The molecule has 0 heterocycles. The minimum absolute atomic E-state index is 0.125. The molecule has 0 saturated heterocycles. The number of unbranched alkanes of at least 4 members (excludes halogenated alkanes) is 7. The lowest BCUT2D eigenvalue weighted by Gasteiger charge is -2.19. The largest absolute Gasteiger partial charge is 0.480 e. The lowest BCUT2D eigenvalue weighted by molar-refractivity contribution is -0.138. The van der Waals surface area contributed by atoms with Crippen molar-refractivity contribution in [1.29, 1.82) is 0 Å². The number of ether oxygens (including phenoxy) is 1. The molecule has 0 aliphatic rings. The van der Waals surface area contributed by atoms with Gasteiger partial charge in [0.1, 0.15) is 0 Å². The lowest BCUT2D eigenvalue weighted by Crippen LogP contribution is -2.33. The van der Waals surface area contributed by atoms with Gasteiger partial charge in [0.2, 0.25) is 0 Å². The summed E-state index contributed by atoms with van der Waals surface area (Å²) in [6, 6.07) is 0. The van der Waals surface area contributed by atoms with Gasteiger partial charge < -0.3 is 9.84 Å². The molecule has 0 aromatic heterocycles. The van der Waals surface area contributed by atoms with Gasteiger partial charge in [0.15, 0.2) is 0 Å². The second-order valence-corrected chi connectivity index (χ2v) is 5.14. The molecular weight excluding hydrogens is 242 g/mol. The van der Waals surface area contributed by atoms with Crippen molar-refractivity contribution in [3.63, 3.8) is 0 Å². The van der Waals surface area contributed by atoms with Crippen LogP contribution in [0.5, 0.6) is 0 Å². The van der Waals surface area contributed by atoms with Gasteiger partial charge in [-0.2, -0.15) is 0 Å². The van der Waals surface area contributed by atoms with E-state index in [-0.39, 0.29) is 6.54 Å². The van der Waals surface area contributed by atoms with Crippen molar-refractivity contribution in [2.24, 2.45) is 0 Å². The van der Waals surface area contributed by atoms with Gasteiger partial charge >= 0.3 is 5.97 Å². The zero-order valence-corrected chi connectivity index (χ0v) is 12.7. The summed E-state index contributed by atoms with van der Waals surface area (Å²) in [4.78, 5) is 12.7. The van der Waals surface area contributed by atoms with E-state index < -0.39 is 5.97 Å². The summed E-state index contributed by atoms with van der Waals surface area (Å²) < 4.78 is 5.00. The van der Waals surface area contributed by atoms with Crippen molar-refractivity contribution in [2.75, 3.05) is 33.4 Å². The average Bonchev–Trinajstić information content (AvgIpc) is 2.38. The summed E-state index contributed by atoms with van der Waals surface area (Å²) in [5.74, 6) is -0.754. The third-order valence-electron chi connectivity index (χ3n) is 3.30. The molecule has 0 aliphatic carbocycles. The predicted molar refractivity (Wildman–Crippen MR) is 78.6 cm³/mol. The zero-order valence-electron chi connectivity index (χ0n) is 12.7. The van der Waals surface area contributed by atoms with Gasteiger partial charge in [-0.15, -0.1) is 0 Å². The van der Waals surface area contributed by atoms with Crippen molar-refractivity contribution < 1.29 is 14.6 Å². The Hall–Kier alpha value is -0.610. The number of nitrogens with zero attached hydrogens (tertiary/aromatic N) is 1. The van der Waals surface area contributed by atoms with E-state index >= 15 is 0 Å². The van der Waals surface area contributed by atoms with Crippen LogP contribution in [0.2, 0.25) is 0 Å². The lowest BCUT2D eigenvalue weighted by atomic mass is 10.1. The van der Waals surface area contributed by atoms with Crippen LogP contribution in [0.4, 0.5) is 0 Å². The SMILES string of the molecule is CCCCCCCCCCN(CCOC)CC(=O)O. The molecule has 0 fully saturated rings. The summed E-state index contributed by atoms with van der Waals surface area (Å²) in [7, 11) is 1.65. The maximum atomic E-state index is 10.7. The zero-order chi connectivity index (χ0) is 14.3. The smallest absolute Gasteiger partial charge is 0.317 e. The van der Waals surface area contributed by atoms with Gasteiger partial charge in [-0.3, -0.25) is 9.69 Å². The van der Waals surface area contributed by atoms with Crippen LogP contribution >= 0.6 is 0 Å². The van der Waals surface area contributed by atoms with Gasteiger partial charge in [-0.25, -0.2) is 0 Å². The van der Waals surface area contributed by atoms with Crippen molar-refractivity contribution in [3.8, 4) is 0 Å². The Bertz CT molecular complexity index is 210. The Morgan fingerprint density at radius 1 is 1.00 bits per heavy atom. The number of hydrogen-bond donors (Lipinski definition) is 1. The third kappa shape index (κ3) is 13.6. The number of carbonyl (C=O) groups is 1. The standard InChI is InChI=1S/C15H31NO3/c1-3-4-5-6-7-8-9-10-11-16(12-13-19-2)14-15(17)18/h3-14H2,1-2H3,(H,17,18). The summed E-state index contributed by atoms with van der Waals surface area (Å²) in [5, 5.41) is 8.82. The van der Waals surface area contributed by atoms with Crippen LogP contribution in [0.15, 0.2) is 0 Å². The quantitative estimate of drug-likeness (QED) is 0.494. The molecule has 0 amide bonds. The molecule has 0 aromatic carbocycles. The fraction of sp³-hybridized carbons (Fsp3) is 0.933. The first-order valence-corrected chi connectivity index (χ1v) is 7.63. The number of aliphatic carboxylic acids is 1. The van der Waals surface area contributed by atoms with Crippen molar-refractivity contribution >= 4 is 5.97 Å². The second kappa shape index (κ2) is 13.8.